The maximum Gasteiger partial charge on any atom is 0.136 e. The molecule has 3 aromatic carbocycles. The summed E-state index contributed by atoms with van der Waals surface area (Å²) in [6, 6.07) is 20.2. The molecule has 7 heteroatoms. The molecule has 3 N–H and O–H groups in total. The first-order valence-corrected chi connectivity index (χ1v) is 12.7. The number of benzene rings is 3. The van der Waals surface area contributed by atoms with E-state index in [1.165, 1.54) is 25.0 Å². The fourth-order valence-electron chi connectivity index (χ4n) is 4.03. The van der Waals surface area contributed by atoms with Crippen molar-refractivity contribution in [3.8, 4) is 11.4 Å². The summed E-state index contributed by atoms with van der Waals surface area (Å²) in [7, 11) is 0. The number of nitrogens with two attached hydrogens (primary N) is 1. The van der Waals surface area contributed by atoms with Gasteiger partial charge in [0.2, 0.25) is 0 Å². The third-order valence-electron chi connectivity index (χ3n) is 6.10. The lowest BCUT2D eigenvalue weighted by atomic mass is 10.0. The van der Waals surface area contributed by atoms with Crippen molar-refractivity contribution in [1.29, 1.82) is 0 Å². The first kappa shape index (κ1) is 23.5. The molecule has 180 valence electrons. The Hall–Kier alpha value is -3.29. The van der Waals surface area contributed by atoms with Gasteiger partial charge in [0.15, 0.2) is 0 Å². The van der Waals surface area contributed by atoms with Crippen LogP contribution in [-0.4, -0.2) is 27.2 Å². The molecule has 1 fully saturated rings. The minimum absolute atomic E-state index is 0.0828. The monoisotopic (exact) mass is 488 g/mol. The van der Waals surface area contributed by atoms with Crippen LogP contribution >= 0.6 is 11.9 Å². The van der Waals surface area contributed by atoms with Gasteiger partial charge in [-0.15, -0.1) is 0 Å². The van der Waals surface area contributed by atoms with Crippen LogP contribution in [0.1, 0.15) is 32.3 Å². The minimum Gasteiger partial charge on any atom is -0.484 e. The normalized spacial score (nSPS) is 15.8. The van der Waals surface area contributed by atoms with Crippen molar-refractivity contribution in [3.05, 3.63) is 89.9 Å². The summed E-state index contributed by atoms with van der Waals surface area (Å²) in [5.74, 6) is 0.496. The highest BCUT2D eigenvalue weighted by Gasteiger charge is 2.27. The highest BCUT2D eigenvalue weighted by Crippen LogP contribution is 2.33. The second kappa shape index (κ2) is 10.1. The summed E-state index contributed by atoms with van der Waals surface area (Å²) >= 11 is 1.80. The molecule has 4 aromatic rings. The number of fused-ring (bicyclic) bond motifs is 1. The molecular formula is C28H29FN4OS. The second-order valence-electron chi connectivity index (χ2n) is 9.03. The molecule has 5 nitrogen and oxygen atoms in total. The molecular weight excluding hydrogens is 459 g/mol. The summed E-state index contributed by atoms with van der Waals surface area (Å²) in [6.45, 7) is 4.24. The van der Waals surface area contributed by atoms with Crippen molar-refractivity contribution in [1.82, 2.24) is 14.5 Å². The Morgan fingerprint density at radius 2 is 1.94 bits per heavy atom. The van der Waals surface area contributed by atoms with Crippen LogP contribution in [0.2, 0.25) is 0 Å². The van der Waals surface area contributed by atoms with E-state index in [0.29, 0.717) is 5.25 Å². The minimum atomic E-state index is -0.268. The zero-order chi connectivity index (χ0) is 24.4. The Morgan fingerprint density at radius 3 is 2.69 bits per heavy atom. The van der Waals surface area contributed by atoms with Gasteiger partial charge in [-0.1, -0.05) is 36.2 Å². The fourth-order valence-corrected chi connectivity index (χ4v) is 4.93. The number of nitrogens with one attached hydrogen (secondary N) is 1. The molecule has 1 heterocycles. The van der Waals surface area contributed by atoms with Gasteiger partial charge in [-0.25, -0.2) is 9.07 Å². The Bertz CT molecular complexity index is 1350. The highest BCUT2D eigenvalue weighted by molar-refractivity contribution is 7.98. The molecule has 0 unspecified atom stereocenters. The summed E-state index contributed by atoms with van der Waals surface area (Å²) in [5.41, 5.74) is 10.7. The number of hydrogen-bond acceptors (Lipinski definition) is 5. The number of nitrogen functional groups attached to an aromatic ring is 1. The van der Waals surface area contributed by atoms with Crippen LogP contribution in [0, 0.1) is 5.82 Å². The lowest BCUT2D eigenvalue weighted by molar-refractivity contribution is 0.207. The molecule has 0 spiro atoms. The molecule has 1 aromatic heterocycles. The highest BCUT2D eigenvalue weighted by atomic mass is 32.2. The fraction of sp³-hybridized carbons (Fsp3) is 0.250. The van der Waals surface area contributed by atoms with Crippen molar-refractivity contribution < 1.29 is 9.13 Å². The smallest absolute Gasteiger partial charge is 0.136 e. The van der Waals surface area contributed by atoms with Gasteiger partial charge in [0.25, 0.3) is 0 Å². The predicted molar refractivity (Wildman–Crippen MR) is 143 cm³/mol. The standard InChI is InChI=1S/C28H29FN4OS/c1-18(15-20-5-3-4-6-26(20)30)28(19(2)32-35-25-12-13-25)34-24-11-14-27-21(16-24)17-31-33(27)23-9-7-22(29)8-10-23/h3-11,14-17,19,25,28,32H,12-13,30H2,1-2H3/b18-15+/t19-,28+/m0/s1. The van der Waals surface area contributed by atoms with Gasteiger partial charge in [-0.3, -0.25) is 4.72 Å². The third-order valence-corrected chi connectivity index (χ3v) is 7.41. The van der Waals surface area contributed by atoms with Gasteiger partial charge in [0.1, 0.15) is 17.7 Å². The van der Waals surface area contributed by atoms with Gasteiger partial charge in [0.05, 0.1) is 23.4 Å². The Balaban J connectivity index is 1.42. The van der Waals surface area contributed by atoms with Crippen molar-refractivity contribution in [2.24, 2.45) is 0 Å². The lowest BCUT2D eigenvalue weighted by Gasteiger charge is -2.27. The molecule has 5 rings (SSSR count). The summed E-state index contributed by atoms with van der Waals surface area (Å²) in [6.07, 6.45) is 6.24. The Kier molecular flexibility index (Phi) is 6.79. The van der Waals surface area contributed by atoms with Gasteiger partial charge in [-0.2, -0.15) is 5.10 Å². The number of hydrogen-bond donors (Lipinski definition) is 2. The number of nitrogens with zero attached hydrogens (tertiary/aromatic N) is 2. The van der Waals surface area contributed by atoms with E-state index in [9.17, 15) is 4.39 Å². The van der Waals surface area contributed by atoms with Gasteiger partial charge in [-0.05, 0) is 86.4 Å². The van der Waals surface area contributed by atoms with Crippen molar-refractivity contribution >= 4 is 34.6 Å². The number of anilines is 1. The molecule has 2 atom stereocenters. The Morgan fingerprint density at radius 1 is 1.17 bits per heavy atom. The van der Waals surface area contributed by atoms with E-state index < -0.39 is 0 Å². The predicted octanol–water partition coefficient (Wildman–Crippen LogP) is 6.39. The molecule has 0 radical (unpaired) electrons. The van der Waals surface area contributed by atoms with Crippen LogP contribution in [0.3, 0.4) is 0 Å². The number of para-hydroxylation sites is 1. The van der Waals surface area contributed by atoms with Gasteiger partial charge in [0, 0.05) is 16.3 Å². The molecule has 0 bridgehead atoms. The van der Waals surface area contributed by atoms with Crippen molar-refractivity contribution in [2.75, 3.05) is 5.73 Å². The molecule has 1 aliphatic rings. The van der Waals surface area contributed by atoms with Gasteiger partial charge >= 0.3 is 0 Å². The maximum absolute atomic E-state index is 13.3. The Labute approximate surface area is 209 Å². The van der Waals surface area contributed by atoms with E-state index in [-0.39, 0.29) is 18.0 Å². The second-order valence-corrected chi connectivity index (χ2v) is 10.2. The van der Waals surface area contributed by atoms with E-state index >= 15 is 0 Å². The molecule has 0 saturated heterocycles. The van der Waals surface area contributed by atoms with Crippen LogP contribution in [0.5, 0.6) is 5.75 Å². The summed E-state index contributed by atoms with van der Waals surface area (Å²) < 4.78 is 25.3. The topological polar surface area (TPSA) is 65.1 Å². The number of aromatic nitrogens is 2. The molecule has 0 aliphatic heterocycles. The number of rotatable bonds is 9. The SMILES string of the molecule is C/C(=C\c1ccccc1N)[C@@H](Oc1ccc2c(cnn2-c2ccc(F)cc2)c1)[C@H](C)NSC1CC1. The summed E-state index contributed by atoms with van der Waals surface area (Å²) in [5, 5.41) is 6.15. The first-order valence-electron chi connectivity index (χ1n) is 11.8. The van der Waals surface area contributed by atoms with E-state index in [4.69, 9.17) is 10.5 Å². The lowest BCUT2D eigenvalue weighted by Crippen LogP contribution is -2.39. The van der Waals surface area contributed by atoms with Crippen molar-refractivity contribution in [2.45, 2.75) is 44.1 Å². The average Bonchev–Trinajstić information content (AvgIpc) is 3.60. The van der Waals surface area contributed by atoms with Crippen LogP contribution in [0.4, 0.5) is 10.1 Å². The van der Waals surface area contributed by atoms with E-state index in [1.54, 1.807) is 35.0 Å². The third kappa shape index (κ3) is 5.52. The first-order chi connectivity index (χ1) is 17.0. The molecule has 35 heavy (non-hydrogen) atoms. The van der Waals surface area contributed by atoms with Crippen LogP contribution in [0.25, 0.3) is 22.7 Å². The van der Waals surface area contributed by atoms with E-state index in [0.717, 1.165) is 39.2 Å². The van der Waals surface area contributed by atoms with Crippen LogP contribution < -0.4 is 15.2 Å². The van der Waals surface area contributed by atoms with Crippen LogP contribution in [0.15, 0.2) is 78.5 Å². The van der Waals surface area contributed by atoms with E-state index in [2.05, 4.69) is 29.7 Å². The quantitative estimate of drug-likeness (QED) is 0.211. The maximum atomic E-state index is 13.3. The largest absolute Gasteiger partial charge is 0.484 e. The molecule has 0 amide bonds. The average molecular weight is 489 g/mol. The zero-order valence-electron chi connectivity index (χ0n) is 19.8. The van der Waals surface area contributed by atoms with Crippen LogP contribution in [-0.2, 0) is 0 Å². The van der Waals surface area contributed by atoms with E-state index in [1.807, 2.05) is 42.5 Å². The summed E-state index contributed by atoms with van der Waals surface area (Å²) in [4.78, 5) is 0. The number of halogens is 1. The molecule has 1 aliphatic carbocycles. The van der Waals surface area contributed by atoms with Gasteiger partial charge < -0.3 is 10.5 Å². The van der Waals surface area contributed by atoms with Crippen molar-refractivity contribution in [3.63, 3.8) is 0 Å². The number of ether oxygens (including phenoxy) is 1. The zero-order valence-corrected chi connectivity index (χ0v) is 20.6. The molecule has 1 saturated carbocycles.